The first kappa shape index (κ1) is 19.2. The van der Waals surface area contributed by atoms with E-state index in [4.69, 9.17) is 4.74 Å². The largest absolute Gasteiger partial charge is 0.381 e. The van der Waals surface area contributed by atoms with Crippen LogP contribution in [0.1, 0.15) is 51.2 Å². The summed E-state index contributed by atoms with van der Waals surface area (Å²) in [6.07, 6.45) is 1.25. The van der Waals surface area contributed by atoms with E-state index in [9.17, 15) is 9.59 Å². The van der Waals surface area contributed by atoms with E-state index < -0.39 is 0 Å². The van der Waals surface area contributed by atoms with Crippen molar-refractivity contribution in [2.75, 3.05) is 13.2 Å². The van der Waals surface area contributed by atoms with Crippen LogP contribution >= 0.6 is 0 Å². The van der Waals surface area contributed by atoms with Gasteiger partial charge in [0.2, 0.25) is 11.8 Å². The van der Waals surface area contributed by atoms with Gasteiger partial charge in [0.25, 0.3) is 0 Å². The van der Waals surface area contributed by atoms with Crippen molar-refractivity contribution in [1.29, 1.82) is 0 Å². The minimum absolute atomic E-state index is 0.229. The number of rotatable bonds is 8. The highest BCUT2D eigenvalue weighted by Crippen LogP contribution is 2.17. The maximum absolute atomic E-state index is 12.1. The van der Waals surface area contributed by atoms with E-state index in [1.807, 2.05) is 26.0 Å². The molecular weight excluding hydrogens is 292 g/mol. The van der Waals surface area contributed by atoms with Crippen molar-refractivity contribution in [2.45, 2.75) is 46.5 Å². The monoisotopic (exact) mass is 320 g/mol. The van der Waals surface area contributed by atoms with Crippen LogP contribution in [-0.4, -0.2) is 25.0 Å². The second kappa shape index (κ2) is 10.0. The summed E-state index contributed by atoms with van der Waals surface area (Å²) < 4.78 is 5.09. The third-order valence-corrected chi connectivity index (χ3v) is 3.52. The number of hydrogen-bond donors (Lipinski definition) is 2. The van der Waals surface area contributed by atoms with Gasteiger partial charge in [0.1, 0.15) is 0 Å². The van der Waals surface area contributed by atoms with Gasteiger partial charge in [0, 0.05) is 6.61 Å². The summed E-state index contributed by atoms with van der Waals surface area (Å²) in [5.74, 6) is -0.207. The summed E-state index contributed by atoms with van der Waals surface area (Å²) in [4.78, 5) is 23.6. The molecule has 0 saturated heterocycles. The molecule has 0 radical (unpaired) electrons. The molecule has 5 heteroatoms. The zero-order chi connectivity index (χ0) is 17.2. The molecule has 1 aromatic carbocycles. The van der Waals surface area contributed by atoms with E-state index in [2.05, 4.69) is 36.8 Å². The summed E-state index contributed by atoms with van der Waals surface area (Å²) in [5, 5.41) is 0. The molecule has 1 aromatic rings. The lowest BCUT2D eigenvalue weighted by Crippen LogP contribution is -2.43. The number of carbonyl (C=O) groups excluding carboxylic acids is 2. The fraction of sp³-hybridized carbons (Fsp3) is 0.556. The second-order valence-electron chi connectivity index (χ2n) is 6.05. The van der Waals surface area contributed by atoms with Crippen molar-refractivity contribution in [3.63, 3.8) is 0 Å². The molecule has 128 valence electrons. The quantitative estimate of drug-likeness (QED) is 0.571. The van der Waals surface area contributed by atoms with Crippen molar-refractivity contribution >= 4 is 11.8 Å². The van der Waals surface area contributed by atoms with E-state index in [-0.39, 0.29) is 24.2 Å². The number of carbonyl (C=O) groups is 2. The number of nitrogens with one attached hydrogen (secondary N) is 2. The summed E-state index contributed by atoms with van der Waals surface area (Å²) in [6, 6.07) is 8.05. The maximum Gasteiger partial charge on any atom is 0.245 e. The molecule has 23 heavy (non-hydrogen) atoms. The Hall–Kier alpha value is -1.88. The lowest BCUT2D eigenvalue weighted by Gasteiger charge is -2.14. The Morgan fingerprint density at radius 2 is 1.74 bits per heavy atom. The summed E-state index contributed by atoms with van der Waals surface area (Å²) >= 11 is 0. The molecule has 0 heterocycles. The lowest BCUT2D eigenvalue weighted by atomic mass is 9.96. The SMILES string of the molecule is CCOCCC(=O)NNC(=O)C(C)c1ccc(CC(C)C)cc1. The highest BCUT2D eigenvalue weighted by Gasteiger charge is 2.15. The van der Waals surface area contributed by atoms with Gasteiger partial charge >= 0.3 is 0 Å². The van der Waals surface area contributed by atoms with E-state index >= 15 is 0 Å². The first-order valence-electron chi connectivity index (χ1n) is 8.19. The average Bonchev–Trinajstić information content (AvgIpc) is 2.52. The van der Waals surface area contributed by atoms with Gasteiger partial charge in [0.05, 0.1) is 18.9 Å². The van der Waals surface area contributed by atoms with Crippen LogP contribution in [0.15, 0.2) is 24.3 Å². The minimum atomic E-state index is -0.324. The number of hydrazine groups is 1. The van der Waals surface area contributed by atoms with Gasteiger partial charge in [-0.05, 0) is 37.3 Å². The predicted octanol–water partition coefficient (Wildman–Crippen LogP) is 2.56. The van der Waals surface area contributed by atoms with Crippen LogP contribution in [-0.2, 0) is 20.7 Å². The van der Waals surface area contributed by atoms with E-state index in [0.717, 1.165) is 12.0 Å². The van der Waals surface area contributed by atoms with Crippen LogP contribution in [0.3, 0.4) is 0 Å². The number of amides is 2. The molecule has 1 unspecified atom stereocenters. The van der Waals surface area contributed by atoms with E-state index in [0.29, 0.717) is 19.1 Å². The van der Waals surface area contributed by atoms with Crippen LogP contribution in [0, 0.1) is 5.92 Å². The lowest BCUT2D eigenvalue weighted by molar-refractivity contribution is -0.130. The third kappa shape index (κ3) is 7.28. The summed E-state index contributed by atoms with van der Waals surface area (Å²) in [5.41, 5.74) is 7.07. The van der Waals surface area contributed by atoms with Crippen molar-refractivity contribution in [3.8, 4) is 0 Å². The Kier molecular flexibility index (Phi) is 8.33. The smallest absolute Gasteiger partial charge is 0.245 e. The number of benzene rings is 1. The Morgan fingerprint density at radius 1 is 1.09 bits per heavy atom. The highest BCUT2D eigenvalue weighted by atomic mass is 16.5. The highest BCUT2D eigenvalue weighted by molar-refractivity contribution is 5.86. The minimum Gasteiger partial charge on any atom is -0.381 e. The van der Waals surface area contributed by atoms with Crippen LogP contribution < -0.4 is 10.9 Å². The molecule has 0 aliphatic carbocycles. The van der Waals surface area contributed by atoms with Gasteiger partial charge in [-0.15, -0.1) is 0 Å². The van der Waals surface area contributed by atoms with E-state index in [1.165, 1.54) is 5.56 Å². The molecule has 5 nitrogen and oxygen atoms in total. The van der Waals surface area contributed by atoms with Gasteiger partial charge in [-0.3, -0.25) is 20.4 Å². The zero-order valence-corrected chi connectivity index (χ0v) is 14.5. The Bertz CT molecular complexity index is 497. The fourth-order valence-corrected chi connectivity index (χ4v) is 2.18. The second-order valence-corrected chi connectivity index (χ2v) is 6.05. The molecule has 0 aliphatic heterocycles. The topological polar surface area (TPSA) is 67.4 Å². The predicted molar refractivity (Wildman–Crippen MR) is 90.8 cm³/mol. The van der Waals surface area contributed by atoms with E-state index in [1.54, 1.807) is 0 Å². The van der Waals surface area contributed by atoms with Gasteiger partial charge in [-0.25, -0.2) is 0 Å². The molecule has 0 bridgehead atoms. The van der Waals surface area contributed by atoms with Crippen molar-refractivity contribution in [2.24, 2.45) is 5.92 Å². The molecule has 0 aliphatic rings. The molecular formula is C18H28N2O3. The molecule has 2 amide bonds. The molecule has 1 rings (SSSR count). The third-order valence-electron chi connectivity index (χ3n) is 3.52. The first-order valence-corrected chi connectivity index (χ1v) is 8.19. The van der Waals surface area contributed by atoms with Crippen molar-refractivity contribution < 1.29 is 14.3 Å². The molecule has 1 atom stereocenters. The average molecular weight is 320 g/mol. The molecule has 0 fully saturated rings. The molecule has 2 N–H and O–H groups in total. The normalized spacial score (nSPS) is 12.0. The standard InChI is InChI=1S/C18H28N2O3/c1-5-23-11-10-17(21)19-20-18(22)14(4)16-8-6-15(7-9-16)12-13(2)3/h6-9,13-14H,5,10-12H2,1-4H3,(H,19,21)(H,20,22). The maximum atomic E-state index is 12.1. The van der Waals surface area contributed by atoms with Crippen LogP contribution in [0.4, 0.5) is 0 Å². The molecule has 0 spiro atoms. The Balaban J connectivity index is 2.45. The van der Waals surface area contributed by atoms with Crippen molar-refractivity contribution in [1.82, 2.24) is 10.9 Å². The van der Waals surface area contributed by atoms with Crippen LogP contribution in [0.5, 0.6) is 0 Å². The van der Waals surface area contributed by atoms with Gasteiger partial charge in [-0.1, -0.05) is 38.1 Å². The van der Waals surface area contributed by atoms with Gasteiger partial charge in [0.15, 0.2) is 0 Å². The van der Waals surface area contributed by atoms with Crippen molar-refractivity contribution in [3.05, 3.63) is 35.4 Å². The van der Waals surface area contributed by atoms with Gasteiger partial charge < -0.3 is 4.74 Å². The van der Waals surface area contributed by atoms with Crippen LogP contribution in [0.25, 0.3) is 0 Å². The zero-order valence-electron chi connectivity index (χ0n) is 14.5. The first-order chi connectivity index (χ1) is 10.9. The Morgan fingerprint density at radius 3 is 2.30 bits per heavy atom. The number of ether oxygens (including phenoxy) is 1. The number of hydrogen-bond acceptors (Lipinski definition) is 3. The van der Waals surface area contributed by atoms with Crippen LogP contribution in [0.2, 0.25) is 0 Å². The summed E-state index contributed by atoms with van der Waals surface area (Å²) in [6.45, 7) is 8.97. The summed E-state index contributed by atoms with van der Waals surface area (Å²) in [7, 11) is 0. The fourth-order valence-electron chi connectivity index (χ4n) is 2.18. The molecule has 0 aromatic heterocycles. The molecule has 0 saturated carbocycles. The van der Waals surface area contributed by atoms with Gasteiger partial charge in [-0.2, -0.15) is 0 Å². The Labute approximate surface area is 138 Å².